The second kappa shape index (κ2) is 12.1. The Morgan fingerprint density at radius 1 is 1.14 bits per heavy atom. The number of hydrogen-bond donors (Lipinski definition) is 2. The molecule has 11 heteroatoms. The third kappa shape index (κ3) is 7.22. The quantitative estimate of drug-likeness (QED) is 0.488. The van der Waals surface area contributed by atoms with Crippen LogP contribution in [0, 0.1) is 11.8 Å². The van der Waals surface area contributed by atoms with E-state index in [9.17, 15) is 19.2 Å². The standard InChI is InChI=1S/C24H31Cl2N5O4/c1-14(2)11-30(21-22(27)31(12-15(3)4)24(35)28-23(21)34)19(33)13-29(5)18(32)10-9-16-7-6-8-17(25)20(16)26/h6-10,14-15H,11-13,27H2,1-5H3,(H,28,34,35). The number of likely N-dealkylation sites (N-methyl/N-ethyl adjacent to an activating group) is 1. The van der Waals surface area contributed by atoms with E-state index >= 15 is 0 Å². The molecule has 0 saturated carbocycles. The number of carbonyl (C=O) groups is 2. The number of aromatic amines is 1. The topological polar surface area (TPSA) is 121 Å². The lowest BCUT2D eigenvalue weighted by Crippen LogP contribution is -2.46. The zero-order valence-electron chi connectivity index (χ0n) is 20.5. The van der Waals surface area contributed by atoms with Crippen LogP contribution in [0.2, 0.25) is 10.0 Å². The van der Waals surface area contributed by atoms with Crippen molar-refractivity contribution in [3.05, 3.63) is 60.7 Å². The summed E-state index contributed by atoms with van der Waals surface area (Å²) >= 11 is 12.1. The molecule has 0 aliphatic carbocycles. The summed E-state index contributed by atoms with van der Waals surface area (Å²) in [6.07, 6.45) is 2.79. The highest BCUT2D eigenvalue weighted by molar-refractivity contribution is 6.42. The Morgan fingerprint density at radius 3 is 2.40 bits per heavy atom. The summed E-state index contributed by atoms with van der Waals surface area (Å²) in [4.78, 5) is 55.6. The van der Waals surface area contributed by atoms with Gasteiger partial charge < -0.3 is 15.5 Å². The minimum atomic E-state index is -0.758. The fourth-order valence-corrected chi connectivity index (χ4v) is 3.74. The summed E-state index contributed by atoms with van der Waals surface area (Å²) in [5.74, 6) is -1.01. The predicted octanol–water partition coefficient (Wildman–Crippen LogP) is 3.24. The number of nitrogens with one attached hydrogen (secondary N) is 1. The van der Waals surface area contributed by atoms with Crippen LogP contribution in [0.5, 0.6) is 0 Å². The second-order valence-electron chi connectivity index (χ2n) is 9.07. The summed E-state index contributed by atoms with van der Waals surface area (Å²) in [6, 6.07) is 5.04. The molecule has 0 bridgehead atoms. The molecule has 0 fully saturated rings. The summed E-state index contributed by atoms with van der Waals surface area (Å²) in [6.45, 7) is 7.68. The molecule has 0 unspecified atom stereocenters. The maximum absolute atomic E-state index is 13.3. The number of H-pyrrole nitrogens is 1. The van der Waals surface area contributed by atoms with Crippen molar-refractivity contribution < 1.29 is 9.59 Å². The summed E-state index contributed by atoms with van der Waals surface area (Å²) in [5.41, 5.74) is 5.26. The first kappa shape index (κ1) is 28.2. The molecule has 35 heavy (non-hydrogen) atoms. The molecule has 0 aliphatic heterocycles. The lowest BCUT2D eigenvalue weighted by atomic mass is 10.2. The van der Waals surface area contributed by atoms with Crippen LogP contribution < -0.4 is 21.9 Å². The number of nitrogens with two attached hydrogens (primary N) is 1. The van der Waals surface area contributed by atoms with Gasteiger partial charge in [-0.3, -0.25) is 23.9 Å². The monoisotopic (exact) mass is 523 g/mol. The lowest BCUT2D eigenvalue weighted by Gasteiger charge is -2.28. The van der Waals surface area contributed by atoms with Crippen molar-refractivity contribution in [3.63, 3.8) is 0 Å². The van der Waals surface area contributed by atoms with Crippen LogP contribution in [0.4, 0.5) is 11.5 Å². The smallest absolute Gasteiger partial charge is 0.330 e. The van der Waals surface area contributed by atoms with Crippen molar-refractivity contribution in [2.24, 2.45) is 11.8 Å². The Balaban J connectivity index is 2.33. The average Bonchev–Trinajstić information content (AvgIpc) is 2.76. The van der Waals surface area contributed by atoms with Crippen LogP contribution >= 0.6 is 23.2 Å². The van der Waals surface area contributed by atoms with Crippen LogP contribution in [0.15, 0.2) is 33.9 Å². The third-order valence-electron chi connectivity index (χ3n) is 5.02. The van der Waals surface area contributed by atoms with Crippen LogP contribution in [0.1, 0.15) is 33.3 Å². The Bertz CT molecular complexity index is 1230. The lowest BCUT2D eigenvalue weighted by molar-refractivity contribution is -0.130. The maximum atomic E-state index is 13.3. The largest absolute Gasteiger partial charge is 0.383 e. The zero-order chi connectivity index (χ0) is 26.4. The molecular formula is C24H31Cl2N5O4. The van der Waals surface area contributed by atoms with Crippen molar-refractivity contribution >= 4 is 52.6 Å². The van der Waals surface area contributed by atoms with E-state index in [-0.39, 0.29) is 43.0 Å². The van der Waals surface area contributed by atoms with Gasteiger partial charge in [-0.25, -0.2) is 4.79 Å². The van der Waals surface area contributed by atoms with Crippen molar-refractivity contribution in [2.45, 2.75) is 34.2 Å². The SMILES string of the molecule is CC(C)CN(C(=O)CN(C)C(=O)C=Cc1cccc(Cl)c1Cl)c1c(N)n(CC(C)C)c(=O)[nH]c1=O. The number of aromatic nitrogens is 2. The first-order valence-electron chi connectivity index (χ1n) is 11.1. The number of nitrogens with zero attached hydrogens (tertiary/aromatic N) is 3. The van der Waals surface area contributed by atoms with E-state index in [0.717, 1.165) is 0 Å². The van der Waals surface area contributed by atoms with Crippen LogP contribution in [0.25, 0.3) is 6.08 Å². The average molecular weight is 524 g/mol. The highest BCUT2D eigenvalue weighted by Gasteiger charge is 2.26. The van der Waals surface area contributed by atoms with E-state index in [0.29, 0.717) is 15.6 Å². The van der Waals surface area contributed by atoms with Gasteiger partial charge in [0.2, 0.25) is 11.8 Å². The van der Waals surface area contributed by atoms with Crippen molar-refractivity contribution in [1.82, 2.24) is 14.5 Å². The number of anilines is 2. The van der Waals surface area contributed by atoms with Gasteiger partial charge in [-0.05, 0) is 29.5 Å². The zero-order valence-corrected chi connectivity index (χ0v) is 22.0. The molecule has 2 aromatic rings. The molecular weight excluding hydrogens is 493 g/mol. The molecule has 9 nitrogen and oxygen atoms in total. The van der Waals surface area contributed by atoms with Gasteiger partial charge in [0.25, 0.3) is 5.56 Å². The van der Waals surface area contributed by atoms with Gasteiger partial charge in [-0.1, -0.05) is 63.0 Å². The number of halogens is 2. The Kier molecular flexibility index (Phi) is 9.73. The van der Waals surface area contributed by atoms with Crippen molar-refractivity contribution in [2.75, 3.05) is 30.8 Å². The number of benzene rings is 1. The van der Waals surface area contributed by atoms with Crippen molar-refractivity contribution in [1.29, 1.82) is 0 Å². The first-order chi connectivity index (χ1) is 16.3. The highest BCUT2D eigenvalue weighted by atomic mass is 35.5. The predicted molar refractivity (Wildman–Crippen MR) is 141 cm³/mol. The van der Waals surface area contributed by atoms with E-state index in [1.165, 1.54) is 33.6 Å². The maximum Gasteiger partial charge on any atom is 0.330 e. The number of nitrogen functional groups attached to an aromatic ring is 1. The number of rotatable bonds is 9. The molecule has 3 N–H and O–H groups in total. The van der Waals surface area contributed by atoms with Gasteiger partial charge in [0, 0.05) is 26.2 Å². The molecule has 2 amide bonds. The summed E-state index contributed by atoms with van der Waals surface area (Å²) < 4.78 is 1.24. The first-order valence-corrected chi connectivity index (χ1v) is 11.9. The minimum Gasteiger partial charge on any atom is -0.383 e. The Morgan fingerprint density at radius 2 is 1.80 bits per heavy atom. The van der Waals surface area contributed by atoms with Crippen molar-refractivity contribution in [3.8, 4) is 0 Å². The van der Waals surface area contributed by atoms with Gasteiger partial charge in [-0.15, -0.1) is 0 Å². The molecule has 0 radical (unpaired) electrons. The van der Waals surface area contributed by atoms with Crippen LogP contribution in [0.3, 0.4) is 0 Å². The van der Waals surface area contributed by atoms with Crippen LogP contribution in [-0.2, 0) is 16.1 Å². The Hall–Kier alpha value is -3.04. The molecule has 0 saturated heterocycles. The molecule has 190 valence electrons. The van der Waals surface area contributed by atoms with Crippen LogP contribution in [-0.4, -0.2) is 46.4 Å². The summed E-state index contributed by atoms with van der Waals surface area (Å²) in [7, 11) is 1.46. The molecule has 1 heterocycles. The van der Waals surface area contributed by atoms with E-state index < -0.39 is 23.1 Å². The van der Waals surface area contributed by atoms with E-state index in [2.05, 4.69) is 4.98 Å². The summed E-state index contributed by atoms with van der Waals surface area (Å²) in [5, 5.41) is 0.669. The van der Waals surface area contributed by atoms with Gasteiger partial charge in [0.1, 0.15) is 12.4 Å². The van der Waals surface area contributed by atoms with Gasteiger partial charge in [0.05, 0.1) is 10.0 Å². The minimum absolute atomic E-state index is 0.0194. The molecule has 0 aliphatic rings. The normalized spacial score (nSPS) is 11.5. The van der Waals surface area contributed by atoms with E-state index in [4.69, 9.17) is 28.9 Å². The second-order valence-corrected chi connectivity index (χ2v) is 9.85. The molecule has 2 rings (SSSR count). The number of carbonyl (C=O) groups excluding carboxylic acids is 2. The van der Waals surface area contributed by atoms with Gasteiger partial charge in [-0.2, -0.15) is 0 Å². The molecule has 1 aromatic heterocycles. The van der Waals surface area contributed by atoms with E-state index in [1.54, 1.807) is 18.2 Å². The number of hydrogen-bond acceptors (Lipinski definition) is 5. The highest BCUT2D eigenvalue weighted by Crippen LogP contribution is 2.26. The van der Waals surface area contributed by atoms with E-state index in [1.807, 2.05) is 27.7 Å². The van der Waals surface area contributed by atoms with Gasteiger partial charge >= 0.3 is 5.69 Å². The third-order valence-corrected chi connectivity index (χ3v) is 5.85. The molecule has 1 aromatic carbocycles. The number of amides is 2. The molecule has 0 spiro atoms. The Labute approximate surface area is 214 Å². The fraction of sp³-hybridized carbons (Fsp3) is 0.417. The molecule has 0 atom stereocenters. The van der Waals surface area contributed by atoms with Gasteiger partial charge in [0.15, 0.2) is 5.69 Å². The fourth-order valence-electron chi connectivity index (χ4n) is 3.37.